The van der Waals surface area contributed by atoms with E-state index in [1.54, 1.807) is 25.3 Å². The molecule has 222 valence electrons. The lowest BCUT2D eigenvalue weighted by Crippen LogP contribution is -2.23. The van der Waals surface area contributed by atoms with E-state index in [1.165, 1.54) is 39.7 Å². The molecule has 0 bridgehead atoms. The van der Waals surface area contributed by atoms with Crippen LogP contribution in [0.4, 0.5) is 0 Å². The van der Waals surface area contributed by atoms with Gasteiger partial charge in [-0.3, -0.25) is 4.79 Å². The van der Waals surface area contributed by atoms with Crippen LogP contribution in [-0.4, -0.2) is 43.6 Å². The number of nitrogens with one attached hydrogen (secondary N) is 1. The second-order valence-electron chi connectivity index (χ2n) is 11.6. The number of ether oxygens (including phenoxy) is 4. The maximum Gasteiger partial charge on any atom is 0.302 e. The number of aromatic hydroxyl groups is 2. The number of esters is 1. The van der Waals surface area contributed by atoms with Crippen molar-refractivity contribution in [3.63, 3.8) is 0 Å². The number of carbonyl (C=O) groups excluding carboxylic acids is 1. The summed E-state index contributed by atoms with van der Waals surface area (Å²) in [6.45, 7) is 3.09. The highest BCUT2D eigenvalue weighted by atomic mass is 16.5. The number of phenols is 2. The number of phenolic OH excluding ortho intramolecular Hbond substituents is 2. The predicted molar refractivity (Wildman–Crippen MR) is 159 cm³/mol. The molecule has 3 aromatic rings. The van der Waals surface area contributed by atoms with Crippen LogP contribution in [0.1, 0.15) is 72.4 Å². The first kappa shape index (κ1) is 28.2. The summed E-state index contributed by atoms with van der Waals surface area (Å²) in [5.74, 6) is 2.13. The van der Waals surface area contributed by atoms with Crippen LogP contribution in [0.2, 0.25) is 0 Å². The van der Waals surface area contributed by atoms with Crippen molar-refractivity contribution in [1.82, 2.24) is 5.32 Å². The molecule has 3 aliphatic rings. The molecule has 0 unspecified atom stereocenters. The van der Waals surface area contributed by atoms with Gasteiger partial charge in [-0.1, -0.05) is 25.0 Å². The second-order valence-corrected chi connectivity index (χ2v) is 11.6. The summed E-state index contributed by atoms with van der Waals surface area (Å²) in [6.07, 6.45) is 6.08. The average Bonchev–Trinajstić information content (AvgIpc) is 3.63. The van der Waals surface area contributed by atoms with Crippen LogP contribution in [0.15, 0.2) is 36.4 Å². The molecule has 2 atom stereocenters. The molecule has 0 saturated heterocycles. The fourth-order valence-electron chi connectivity index (χ4n) is 7.01. The number of aryl methyl sites for hydroxylation is 1. The van der Waals surface area contributed by atoms with E-state index in [4.69, 9.17) is 18.9 Å². The summed E-state index contributed by atoms with van der Waals surface area (Å²) < 4.78 is 23.6. The van der Waals surface area contributed by atoms with E-state index in [1.807, 2.05) is 6.07 Å². The molecular formula is C34H39NO7. The number of fused-ring (bicyclic) bond motifs is 5. The summed E-state index contributed by atoms with van der Waals surface area (Å²) in [5.41, 5.74) is 6.89. The van der Waals surface area contributed by atoms with Gasteiger partial charge in [0.1, 0.15) is 30.0 Å². The van der Waals surface area contributed by atoms with Crippen LogP contribution < -0.4 is 19.5 Å². The highest BCUT2D eigenvalue weighted by Crippen LogP contribution is 2.54. The lowest BCUT2D eigenvalue weighted by Gasteiger charge is -2.25. The van der Waals surface area contributed by atoms with Crippen LogP contribution in [0.3, 0.4) is 0 Å². The van der Waals surface area contributed by atoms with Crippen LogP contribution in [0.5, 0.6) is 28.7 Å². The van der Waals surface area contributed by atoms with Gasteiger partial charge in [0.15, 0.2) is 11.5 Å². The van der Waals surface area contributed by atoms with Gasteiger partial charge in [-0.25, -0.2) is 0 Å². The molecule has 1 aliphatic heterocycles. The van der Waals surface area contributed by atoms with E-state index >= 15 is 0 Å². The van der Waals surface area contributed by atoms with E-state index in [0.717, 1.165) is 64.1 Å². The molecule has 3 N–H and O–H groups in total. The zero-order chi connectivity index (χ0) is 29.4. The van der Waals surface area contributed by atoms with Crippen molar-refractivity contribution in [3.8, 4) is 39.9 Å². The van der Waals surface area contributed by atoms with Gasteiger partial charge in [-0.2, -0.15) is 0 Å². The Kier molecular flexibility index (Phi) is 7.90. The minimum atomic E-state index is -0.452. The van der Waals surface area contributed by atoms with Crippen molar-refractivity contribution < 1.29 is 34.0 Å². The van der Waals surface area contributed by atoms with Gasteiger partial charge in [0, 0.05) is 41.8 Å². The van der Waals surface area contributed by atoms with E-state index in [-0.39, 0.29) is 30.0 Å². The summed E-state index contributed by atoms with van der Waals surface area (Å²) in [4.78, 5) is 11.9. The Balaban J connectivity index is 1.40. The maximum atomic E-state index is 11.9. The minimum Gasteiger partial charge on any atom is -0.508 e. The van der Waals surface area contributed by atoms with Crippen LogP contribution in [0.25, 0.3) is 11.1 Å². The fourth-order valence-corrected chi connectivity index (χ4v) is 7.01. The molecule has 1 heterocycles. The Morgan fingerprint density at radius 1 is 1.00 bits per heavy atom. The normalized spacial score (nSPS) is 19.0. The molecule has 1 saturated carbocycles. The van der Waals surface area contributed by atoms with Gasteiger partial charge < -0.3 is 34.5 Å². The van der Waals surface area contributed by atoms with Gasteiger partial charge in [-0.15, -0.1) is 0 Å². The second kappa shape index (κ2) is 11.8. The predicted octanol–water partition coefficient (Wildman–Crippen LogP) is 5.94. The SMILES string of the molecule is COc1cc([C@H]2Oc3c(ccc4c3CCc3cc(O)cc(OC)c3-4)[C@H]2COC(C)=O)c(CNCC2CCCC2)cc1O. The quantitative estimate of drug-likeness (QED) is 0.270. The summed E-state index contributed by atoms with van der Waals surface area (Å²) in [7, 11) is 3.15. The number of carbonyl (C=O) groups is 1. The first-order valence-corrected chi connectivity index (χ1v) is 14.8. The Morgan fingerprint density at radius 3 is 2.52 bits per heavy atom. The Hall–Kier alpha value is -3.91. The number of benzene rings is 3. The van der Waals surface area contributed by atoms with Crippen LogP contribution >= 0.6 is 0 Å². The topological polar surface area (TPSA) is 106 Å². The third kappa shape index (κ3) is 5.24. The highest BCUT2D eigenvalue weighted by molar-refractivity contribution is 5.82. The molecule has 2 aliphatic carbocycles. The van der Waals surface area contributed by atoms with E-state index < -0.39 is 6.10 Å². The van der Waals surface area contributed by atoms with E-state index in [2.05, 4.69) is 17.4 Å². The molecule has 6 rings (SSSR count). The van der Waals surface area contributed by atoms with Gasteiger partial charge in [-0.05, 0) is 73.0 Å². The van der Waals surface area contributed by atoms with E-state index in [0.29, 0.717) is 24.0 Å². The van der Waals surface area contributed by atoms with Crippen LogP contribution in [-0.2, 0) is 28.9 Å². The Bertz CT molecular complexity index is 1480. The van der Waals surface area contributed by atoms with Crippen LogP contribution in [0, 0.1) is 5.92 Å². The van der Waals surface area contributed by atoms with Crippen molar-refractivity contribution >= 4 is 5.97 Å². The maximum absolute atomic E-state index is 11.9. The lowest BCUT2D eigenvalue weighted by atomic mass is 9.81. The van der Waals surface area contributed by atoms with Crippen molar-refractivity contribution in [2.75, 3.05) is 27.4 Å². The summed E-state index contributed by atoms with van der Waals surface area (Å²) in [6, 6.07) is 11.2. The largest absolute Gasteiger partial charge is 0.508 e. The molecule has 0 amide bonds. The molecule has 1 fully saturated rings. The first-order valence-electron chi connectivity index (χ1n) is 14.8. The number of hydrogen-bond donors (Lipinski definition) is 3. The number of rotatable bonds is 9. The first-order chi connectivity index (χ1) is 20.4. The number of hydrogen-bond acceptors (Lipinski definition) is 8. The van der Waals surface area contributed by atoms with E-state index in [9.17, 15) is 15.0 Å². The Morgan fingerprint density at radius 2 is 1.79 bits per heavy atom. The smallest absolute Gasteiger partial charge is 0.302 e. The zero-order valence-electron chi connectivity index (χ0n) is 24.5. The number of methoxy groups -OCH3 is 2. The zero-order valence-corrected chi connectivity index (χ0v) is 24.5. The van der Waals surface area contributed by atoms with Gasteiger partial charge >= 0.3 is 5.97 Å². The standard InChI is InChI=1S/C34H39NO7/c1-19(36)41-18-28-26-11-10-24-25(9-8-21-12-23(37)14-31(40-3)32(21)24)33(26)42-34(28)27-15-30(39-2)29(38)13-22(27)17-35-16-20-6-4-5-7-20/h10-15,20,28,34-35,37-38H,4-9,16-18H2,1-3H3/t28-,34-/m1/s1. The van der Waals surface area contributed by atoms with Crippen molar-refractivity contribution in [2.45, 2.75) is 64.0 Å². The average molecular weight is 574 g/mol. The highest BCUT2D eigenvalue weighted by Gasteiger charge is 2.41. The molecule has 0 spiro atoms. The fraction of sp³-hybridized carbons (Fsp3) is 0.441. The molecule has 0 aromatic heterocycles. The molecule has 0 radical (unpaired) electrons. The summed E-state index contributed by atoms with van der Waals surface area (Å²) in [5, 5.41) is 24.6. The molecule has 8 nitrogen and oxygen atoms in total. The van der Waals surface area contributed by atoms with Gasteiger partial charge in [0.25, 0.3) is 0 Å². The van der Waals surface area contributed by atoms with Crippen molar-refractivity contribution in [1.29, 1.82) is 0 Å². The third-order valence-corrected chi connectivity index (χ3v) is 9.04. The molecular weight excluding hydrogens is 534 g/mol. The van der Waals surface area contributed by atoms with Crippen molar-refractivity contribution in [2.24, 2.45) is 5.92 Å². The molecule has 8 heteroatoms. The van der Waals surface area contributed by atoms with Gasteiger partial charge in [0.2, 0.25) is 0 Å². The molecule has 3 aromatic carbocycles. The monoisotopic (exact) mass is 573 g/mol. The lowest BCUT2D eigenvalue weighted by molar-refractivity contribution is -0.141. The molecule has 42 heavy (non-hydrogen) atoms. The van der Waals surface area contributed by atoms with Crippen molar-refractivity contribution in [3.05, 3.63) is 64.2 Å². The minimum absolute atomic E-state index is 0.0790. The third-order valence-electron chi connectivity index (χ3n) is 9.04. The summed E-state index contributed by atoms with van der Waals surface area (Å²) >= 11 is 0. The van der Waals surface area contributed by atoms with Gasteiger partial charge in [0.05, 0.1) is 20.1 Å². The Labute approximate surface area is 246 Å².